The van der Waals surface area contributed by atoms with Crippen LogP contribution in [-0.2, 0) is 9.59 Å². The Morgan fingerprint density at radius 1 is 1.22 bits per heavy atom. The van der Waals surface area contributed by atoms with Gasteiger partial charge in [-0.1, -0.05) is 0 Å². The van der Waals surface area contributed by atoms with E-state index in [1.165, 1.54) is 11.3 Å². The van der Waals surface area contributed by atoms with Gasteiger partial charge in [-0.25, -0.2) is 5.01 Å². The fourth-order valence-electron chi connectivity index (χ4n) is 2.92. The maximum Gasteiger partial charge on any atom is 0.303 e. The summed E-state index contributed by atoms with van der Waals surface area (Å²) in [7, 11) is 3.12. The maximum atomic E-state index is 12.5. The zero-order chi connectivity index (χ0) is 19.4. The average molecular weight is 372 g/mol. The monoisotopic (exact) mass is 372 g/mol. The normalized spacial score (nSPS) is 16.1. The highest BCUT2D eigenvalue weighted by Gasteiger charge is 2.35. The second kappa shape index (κ2) is 7.94. The molecule has 2 heterocycles. The number of aliphatic carboxylic acids is 1. The summed E-state index contributed by atoms with van der Waals surface area (Å²) in [6.07, 6.45) is 1.58. The number of benzene rings is 1. The van der Waals surface area contributed by atoms with E-state index < -0.39 is 12.0 Å². The minimum Gasteiger partial charge on any atom is -0.497 e. The second-order valence-electron chi connectivity index (χ2n) is 6.02. The van der Waals surface area contributed by atoms with Crippen LogP contribution in [0.2, 0.25) is 0 Å². The Kier molecular flexibility index (Phi) is 5.44. The molecule has 0 saturated carbocycles. The van der Waals surface area contributed by atoms with Gasteiger partial charge in [-0.3, -0.25) is 9.59 Å². The molecule has 142 valence electrons. The van der Waals surface area contributed by atoms with E-state index in [0.717, 1.165) is 5.56 Å². The Bertz CT molecular complexity index is 837. The van der Waals surface area contributed by atoms with E-state index in [0.29, 0.717) is 29.4 Å². The van der Waals surface area contributed by atoms with E-state index in [9.17, 15) is 9.59 Å². The number of rotatable bonds is 7. The molecule has 1 unspecified atom stereocenters. The van der Waals surface area contributed by atoms with Crippen molar-refractivity contribution < 1.29 is 28.6 Å². The molecule has 8 heteroatoms. The molecule has 2 aromatic rings. The molecule has 0 bridgehead atoms. The molecular weight excluding hydrogens is 352 g/mol. The molecule has 1 aliphatic heterocycles. The van der Waals surface area contributed by atoms with E-state index >= 15 is 0 Å². The Morgan fingerprint density at radius 3 is 2.48 bits per heavy atom. The zero-order valence-electron chi connectivity index (χ0n) is 15.0. The fraction of sp³-hybridized carbons (Fsp3) is 0.316. The van der Waals surface area contributed by atoms with Crippen molar-refractivity contribution in [1.29, 1.82) is 0 Å². The van der Waals surface area contributed by atoms with Gasteiger partial charge < -0.3 is 19.0 Å². The van der Waals surface area contributed by atoms with Crippen LogP contribution < -0.4 is 9.47 Å². The minimum absolute atomic E-state index is 0.134. The highest BCUT2D eigenvalue weighted by molar-refractivity contribution is 6.03. The van der Waals surface area contributed by atoms with Crippen molar-refractivity contribution >= 4 is 17.6 Å². The minimum atomic E-state index is -1.03. The van der Waals surface area contributed by atoms with Crippen LogP contribution in [0.3, 0.4) is 0 Å². The predicted octanol–water partition coefficient (Wildman–Crippen LogP) is 2.84. The Hall–Kier alpha value is -3.29. The van der Waals surface area contributed by atoms with Gasteiger partial charge in [-0.2, -0.15) is 5.10 Å². The molecule has 1 aliphatic rings. The first-order valence-corrected chi connectivity index (χ1v) is 8.40. The molecule has 1 amide bonds. The summed E-state index contributed by atoms with van der Waals surface area (Å²) in [5, 5.41) is 14.6. The molecule has 1 N–H and O–H groups in total. The number of carboxylic acid groups (broad SMARTS) is 1. The van der Waals surface area contributed by atoms with Gasteiger partial charge in [-0.05, 0) is 24.3 Å². The molecule has 0 fully saturated rings. The van der Waals surface area contributed by atoms with Crippen molar-refractivity contribution in [3.63, 3.8) is 0 Å². The molecule has 1 aromatic heterocycles. The molecule has 0 radical (unpaired) electrons. The molecule has 0 aliphatic carbocycles. The van der Waals surface area contributed by atoms with Gasteiger partial charge in [0.05, 0.1) is 32.6 Å². The number of hydrazone groups is 1. The van der Waals surface area contributed by atoms with E-state index in [1.807, 2.05) is 12.1 Å². The van der Waals surface area contributed by atoms with Crippen LogP contribution in [0, 0.1) is 0 Å². The summed E-state index contributed by atoms with van der Waals surface area (Å²) < 4.78 is 16.1. The zero-order valence-corrected chi connectivity index (χ0v) is 15.0. The van der Waals surface area contributed by atoms with Crippen molar-refractivity contribution in [3.8, 4) is 11.5 Å². The highest BCUT2D eigenvalue weighted by Crippen LogP contribution is 2.35. The van der Waals surface area contributed by atoms with Gasteiger partial charge in [0.15, 0.2) is 0 Å². The molecule has 1 atom stereocenters. The smallest absolute Gasteiger partial charge is 0.303 e. The van der Waals surface area contributed by atoms with E-state index in [2.05, 4.69) is 5.10 Å². The van der Waals surface area contributed by atoms with E-state index in [4.69, 9.17) is 19.0 Å². The number of nitrogens with zero attached hydrogens (tertiary/aromatic N) is 2. The van der Waals surface area contributed by atoms with Crippen molar-refractivity contribution in [2.24, 2.45) is 5.10 Å². The Labute approximate surface area is 156 Å². The summed E-state index contributed by atoms with van der Waals surface area (Å²) in [5.74, 6) is 0.407. The predicted molar refractivity (Wildman–Crippen MR) is 95.9 cm³/mol. The van der Waals surface area contributed by atoms with E-state index in [-0.39, 0.29) is 18.7 Å². The van der Waals surface area contributed by atoms with E-state index in [1.54, 1.807) is 32.4 Å². The first-order valence-electron chi connectivity index (χ1n) is 8.40. The molecule has 1 aromatic carbocycles. The number of furan rings is 1. The Balaban J connectivity index is 1.93. The summed E-state index contributed by atoms with van der Waals surface area (Å²) >= 11 is 0. The summed E-state index contributed by atoms with van der Waals surface area (Å²) in [6, 6.07) is 8.46. The SMILES string of the molecule is COc1cc(OC)cc(C2=NN(C(=O)CCC(=O)O)C(c3ccco3)C2)c1. The van der Waals surface area contributed by atoms with Crippen LogP contribution in [0.25, 0.3) is 0 Å². The van der Waals surface area contributed by atoms with Crippen molar-refractivity contribution in [2.75, 3.05) is 14.2 Å². The van der Waals surface area contributed by atoms with Gasteiger partial charge in [0.2, 0.25) is 5.91 Å². The standard InChI is InChI=1S/C19H20N2O6/c1-25-13-8-12(9-14(10-13)26-2)15-11-16(17-4-3-7-27-17)21(20-15)18(22)5-6-19(23)24/h3-4,7-10,16H,5-6,11H2,1-2H3,(H,23,24). The second-order valence-corrected chi connectivity index (χ2v) is 6.02. The van der Waals surface area contributed by atoms with Gasteiger partial charge in [0.25, 0.3) is 0 Å². The number of hydrogen-bond acceptors (Lipinski definition) is 6. The number of amides is 1. The lowest BCUT2D eigenvalue weighted by Gasteiger charge is -2.19. The van der Waals surface area contributed by atoms with Gasteiger partial charge >= 0.3 is 5.97 Å². The molecule has 0 spiro atoms. The Morgan fingerprint density at radius 2 is 1.93 bits per heavy atom. The molecule has 3 rings (SSSR count). The number of hydrogen-bond donors (Lipinski definition) is 1. The topological polar surface area (TPSA) is 102 Å². The van der Waals surface area contributed by atoms with Gasteiger partial charge in [0.1, 0.15) is 23.3 Å². The van der Waals surface area contributed by atoms with Crippen molar-refractivity contribution in [1.82, 2.24) is 5.01 Å². The molecule has 0 saturated heterocycles. The number of ether oxygens (including phenoxy) is 2. The van der Waals surface area contributed by atoms with Crippen LogP contribution in [0.5, 0.6) is 11.5 Å². The lowest BCUT2D eigenvalue weighted by Crippen LogP contribution is -2.27. The number of methoxy groups -OCH3 is 2. The molecule has 8 nitrogen and oxygen atoms in total. The van der Waals surface area contributed by atoms with Crippen molar-refractivity contribution in [2.45, 2.75) is 25.3 Å². The summed E-state index contributed by atoms with van der Waals surface area (Å²) in [5.41, 5.74) is 1.42. The summed E-state index contributed by atoms with van der Waals surface area (Å²) in [6.45, 7) is 0. The van der Waals surface area contributed by atoms with Crippen molar-refractivity contribution in [3.05, 3.63) is 47.9 Å². The van der Waals surface area contributed by atoms with Crippen LogP contribution in [0.4, 0.5) is 0 Å². The number of carbonyl (C=O) groups is 2. The van der Waals surface area contributed by atoms with Crippen LogP contribution in [-0.4, -0.2) is 41.9 Å². The number of carboxylic acids is 1. The first-order chi connectivity index (χ1) is 13.0. The number of carbonyl (C=O) groups excluding carboxylic acids is 1. The van der Waals surface area contributed by atoms with Crippen LogP contribution >= 0.6 is 0 Å². The lowest BCUT2D eigenvalue weighted by molar-refractivity contribution is -0.141. The van der Waals surface area contributed by atoms with Crippen LogP contribution in [0.15, 0.2) is 46.1 Å². The molecule has 27 heavy (non-hydrogen) atoms. The average Bonchev–Trinajstić information content (AvgIpc) is 3.34. The van der Waals surface area contributed by atoms with Gasteiger partial charge in [-0.15, -0.1) is 0 Å². The maximum absolute atomic E-state index is 12.5. The van der Waals surface area contributed by atoms with Crippen LogP contribution in [0.1, 0.15) is 36.6 Å². The third-order valence-corrected chi connectivity index (χ3v) is 4.27. The molecular formula is C19H20N2O6. The highest BCUT2D eigenvalue weighted by atomic mass is 16.5. The first kappa shape index (κ1) is 18.5. The lowest BCUT2D eigenvalue weighted by atomic mass is 10.0. The fourth-order valence-corrected chi connectivity index (χ4v) is 2.92. The largest absolute Gasteiger partial charge is 0.497 e. The quantitative estimate of drug-likeness (QED) is 0.802. The summed E-state index contributed by atoms with van der Waals surface area (Å²) in [4.78, 5) is 23.3. The third kappa shape index (κ3) is 4.11. The van der Waals surface area contributed by atoms with Gasteiger partial charge in [0, 0.05) is 24.5 Å². The third-order valence-electron chi connectivity index (χ3n) is 4.27.